The molecule has 1 fully saturated rings. The highest BCUT2D eigenvalue weighted by atomic mass is 16.7. The van der Waals surface area contributed by atoms with Gasteiger partial charge in [-0.1, -0.05) is 0 Å². The number of rotatable bonds is 2. The van der Waals surface area contributed by atoms with Crippen molar-refractivity contribution >= 4 is 5.97 Å². The number of hydrogen-bond acceptors (Lipinski definition) is 4. The van der Waals surface area contributed by atoms with Crippen molar-refractivity contribution in [2.75, 3.05) is 26.8 Å². The van der Waals surface area contributed by atoms with Gasteiger partial charge >= 0.3 is 5.97 Å². The fraction of sp³-hybridized carbons (Fsp3) is 0.800. The van der Waals surface area contributed by atoms with Crippen LogP contribution in [-0.2, 0) is 14.3 Å². The summed E-state index contributed by atoms with van der Waals surface area (Å²) in [4.78, 5) is 11.7. The van der Waals surface area contributed by atoms with Gasteiger partial charge < -0.3 is 14.6 Å². The number of aliphatic carboxylic acids is 1. The first-order valence-electron chi connectivity index (χ1n) is 2.88. The zero-order valence-corrected chi connectivity index (χ0v) is 5.45. The van der Waals surface area contributed by atoms with E-state index in [2.05, 4.69) is 0 Å². The van der Waals surface area contributed by atoms with E-state index in [0.29, 0.717) is 13.5 Å². The molecule has 1 heterocycles. The Morgan fingerprint density at radius 3 is 2.60 bits per heavy atom. The molecule has 1 rings (SSSR count). The van der Waals surface area contributed by atoms with Crippen LogP contribution in [0.2, 0.25) is 0 Å². The minimum Gasteiger partial charge on any atom is -0.480 e. The molecule has 0 aromatic rings. The van der Waals surface area contributed by atoms with Crippen molar-refractivity contribution < 1.29 is 19.4 Å². The summed E-state index contributed by atoms with van der Waals surface area (Å²) in [6.07, 6.45) is 0. The standard InChI is InChI=1S/C5H9NO4/c7-5(8)1-6-2-9-4-10-3-6/h1-4H2,(H,7,8). The molecule has 5 nitrogen and oxygen atoms in total. The van der Waals surface area contributed by atoms with E-state index >= 15 is 0 Å². The molecule has 58 valence electrons. The Morgan fingerprint density at radius 2 is 2.10 bits per heavy atom. The average Bonchev–Trinajstić information content (AvgIpc) is 1.88. The quantitative estimate of drug-likeness (QED) is 0.559. The highest BCUT2D eigenvalue weighted by Gasteiger charge is 2.12. The molecule has 0 aromatic heterocycles. The average molecular weight is 147 g/mol. The summed E-state index contributed by atoms with van der Waals surface area (Å²) in [5, 5.41) is 8.31. The molecule has 0 atom stereocenters. The molecule has 5 heteroatoms. The van der Waals surface area contributed by atoms with E-state index in [4.69, 9.17) is 14.6 Å². The Labute approximate surface area is 58.1 Å². The van der Waals surface area contributed by atoms with Crippen molar-refractivity contribution in [2.24, 2.45) is 0 Å². The predicted molar refractivity (Wildman–Crippen MR) is 31.1 cm³/mol. The molecule has 0 saturated carbocycles. The molecule has 0 aromatic carbocycles. The number of hydrogen-bond donors (Lipinski definition) is 1. The number of carboxylic acids is 1. The highest BCUT2D eigenvalue weighted by Crippen LogP contribution is 1.96. The van der Waals surface area contributed by atoms with Crippen LogP contribution in [0, 0.1) is 0 Å². The van der Waals surface area contributed by atoms with E-state index in [0.717, 1.165) is 0 Å². The summed E-state index contributed by atoms with van der Waals surface area (Å²) >= 11 is 0. The van der Waals surface area contributed by atoms with Crippen molar-refractivity contribution in [2.45, 2.75) is 0 Å². The molecular weight excluding hydrogens is 138 g/mol. The lowest BCUT2D eigenvalue weighted by Crippen LogP contribution is -2.38. The van der Waals surface area contributed by atoms with E-state index in [1.807, 2.05) is 0 Å². The summed E-state index contributed by atoms with van der Waals surface area (Å²) < 4.78 is 9.65. The molecule has 0 aliphatic carbocycles. The molecule has 1 N–H and O–H groups in total. The summed E-state index contributed by atoms with van der Waals surface area (Å²) in [6.45, 7) is 0.911. The first-order chi connectivity index (χ1) is 4.79. The lowest BCUT2D eigenvalue weighted by molar-refractivity contribution is -0.188. The van der Waals surface area contributed by atoms with Crippen molar-refractivity contribution in [1.82, 2.24) is 4.90 Å². The number of carboxylic acid groups (broad SMARTS) is 1. The monoisotopic (exact) mass is 147 g/mol. The molecular formula is C5H9NO4. The summed E-state index contributed by atoms with van der Waals surface area (Å²) in [5.41, 5.74) is 0. The third-order valence-corrected chi connectivity index (χ3v) is 1.07. The van der Waals surface area contributed by atoms with Crippen LogP contribution in [0.4, 0.5) is 0 Å². The summed E-state index contributed by atoms with van der Waals surface area (Å²) in [6, 6.07) is 0. The van der Waals surface area contributed by atoms with E-state index < -0.39 is 5.97 Å². The zero-order chi connectivity index (χ0) is 7.40. The van der Waals surface area contributed by atoms with Gasteiger partial charge in [-0.2, -0.15) is 0 Å². The second kappa shape index (κ2) is 3.50. The lowest BCUT2D eigenvalue weighted by Gasteiger charge is -2.24. The highest BCUT2D eigenvalue weighted by molar-refractivity contribution is 5.68. The Kier molecular flexibility index (Phi) is 2.61. The van der Waals surface area contributed by atoms with Crippen LogP contribution in [0.5, 0.6) is 0 Å². The van der Waals surface area contributed by atoms with Gasteiger partial charge in [0.2, 0.25) is 0 Å². The lowest BCUT2D eigenvalue weighted by atomic mass is 10.6. The van der Waals surface area contributed by atoms with Crippen molar-refractivity contribution in [3.05, 3.63) is 0 Å². The Morgan fingerprint density at radius 1 is 1.50 bits per heavy atom. The third-order valence-electron chi connectivity index (χ3n) is 1.07. The van der Waals surface area contributed by atoms with E-state index in [1.165, 1.54) is 0 Å². The van der Waals surface area contributed by atoms with Crippen molar-refractivity contribution in [3.8, 4) is 0 Å². The summed E-state index contributed by atoms with van der Waals surface area (Å²) in [7, 11) is 0. The van der Waals surface area contributed by atoms with Gasteiger partial charge in [-0.15, -0.1) is 0 Å². The van der Waals surface area contributed by atoms with Crippen molar-refractivity contribution in [3.63, 3.8) is 0 Å². The van der Waals surface area contributed by atoms with Crippen LogP contribution < -0.4 is 0 Å². The van der Waals surface area contributed by atoms with Crippen LogP contribution in [0.1, 0.15) is 0 Å². The minimum atomic E-state index is -0.867. The van der Waals surface area contributed by atoms with Crippen LogP contribution in [-0.4, -0.2) is 42.8 Å². The SMILES string of the molecule is O=C(O)CN1COCOC1. The largest absolute Gasteiger partial charge is 0.480 e. The minimum absolute atomic E-state index is 0.0278. The normalized spacial score (nSPS) is 20.8. The molecule has 1 aliphatic rings. The second-order valence-corrected chi connectivity index (χ2v) is 2.01. The smallest absolute Gasteiger partial charge is 0.317 e. The maximum Gasteiger partial charge on any atom is 0.317 e. The maximum absolute atomic E-state index is 10.1. The fourth-order valence-corrected chi connectivity index (χ4v) is 0.712. The van der Waals surface area contributed by atoms with Gasteiger partial charge in [0.25, 0.3) is 0 Å². The Bertz CT molecular complexity index is 121. The molecule has 1 saturated heterocycles. The van der Waals surface area contributed by atoms with Gasteiger partial charge in [0.1, 0.15) is 26.8 Å². The van der Waals surface area contributed by atoms with Crippen LogP contribution in [0.25, 0.3) is 0 Å². The van der Waals surface area contributed by atoms with Crippen LogP contribution in [0.15, 0.2) is 0 Å². The van der Waals surface area contributed by atoms with E-state index in [1.54, 1.807) is 4.90 Å². The molecule has 0 radical (unpaired) electrons. The molecule has 0 amide bonds. The van der Waals surface area contributed by atoms with Crippen LogP contribution in [0.3, 0.4) is 0 Å². The third kappa shape index (κ3) is 2.30. The van der Waals surface area contributed by atoms with Crippen molar-refractivity contribution in [1.29, 1.82) is 0 Å². The van der Waals surface area contributed by atoms with Gasteiger partial charge in [0.05, 0.1) is 0 Å². The molecule has 0 unspecified atom stereocenters. The first-order valence-corrected chi connectivity index (χ1v) is 2.88. The Balaban J connectivity index is 2.19. The fourth-order valence-electron chi connectivity index (χ4n) is 0.712. The second-order valence-electron chi connectivity index (χ2n) is 2.01. The number of carbonyl (C=O) groups is 1. The predicted octanol–water partition coefficient (Wildman–Crippen LogP) is -0.708. The zero-order valence-electron chi connectivity index (χ0n) is 5.45. The van der Waals surface area contributed by atoms with Gasteiger partial charge in [-0.05, 0) is 0 Å². The first kappa shape index (κ1) is 7.46. The van der Waals surface area contributed by atoms with Crippen LogP contribution >= 0.6 is 0 Å². The van der Waals surface area contributed by atoms with E-state index in [-0.39, 0.29) is 13.3 Å². The molecule has 0 bridgehead atoms. The van der Waals surface area contributed by atoms with Gasteiger partial charge in [0, 0.05) is 0 Å². The van der Waals surface area contributed by atoms with Gasteiger partial charge in [-0.25, -0.2) is 4.90 Å². The topological polar surface area (TPSA) is 59.0 Å². The molecule has 0 spiro atoms. The molecule has 1 aliphatic heterocycles. The number of ether oxygens (including phenoxy) is 2. The molecule has 10 heavy (non-hydrogen) atoms. The van der Waals surface area contributed by atoms with Gasteiger partial charge in [0.15, 0.2) is 0 Å². The maximum atomic E-state index is 10.1. The number of nitrogens with zero attached hydrogens (tertiary/aromatic N) is 1. The van der Waals surface area contributed by atoms with E-state index in [9.17, 15) is 4.79 Å². The van der Waals surface area contributed by atoms with Gasteiger partial charge in [-0.3, -0.25) is 4.79 Å². The summed E-state index contributed by atoms with van der Waals surface area (Å²) in [5.74, 6) is -0.867. The Hall–Kier alpha value is -0.650.